The van der Waals surface area contributed by atoms with Gasteiger partial charge in [0.05, 0.1) is 12.1 Å². The molecule has 21 heavy (non-hydrogen) atoms. The van der Waals surface area contributed by atoms with Crippen LogP contribution in [0, 0.1) is 5.92 Å². The van der Waals surface area contributed by atoms with Gasteiger partial charge in [0, 0.05) is 37.0 Å². The van der Waals surface area contributed by atoms with Gasteiger partial charge < -0.3 is 9.64 Å². The van der Waals surface area contributed by atoms with E-state index in [-0.39, 0.29) is 0 Å². The van der Waals surface area contributed by atoms with Gasteiger partial charge in [-0.3, -0.25) is 4.98 Å². The summed E-state index contributed by atoms with van der Waals surface area (Å²) < 4.78 is 5.56. The van der Waals surface area contributed by atoms with Crippen molar-refractivity contribution in [3.63, 3.8) is 0 Å². The van der Waals surface area contributed by atoms with Gasteiger partial charge in [0.2, 0.25) is 0 Å². The Hall–Kier alpha value is -1.61. The molecule has 0 aliphatic carbocycles. The number of benzene rings is 1. The summed E-state index contributed by atoms with van der Waals surface area (Å²) in [5, 5.41) is 1.30. The van der Waals surface area contributed by atoms with Crippen LogP contribution >= 0.6 is 0 Å². The van der Waals surface area contributed by atoms with E-state index >= 15 is 0 Å². The number of aromatic nitrogens is 1. The highest BCUT2D eigenvalue weighted by atomic mass is 16.5. The van der Waals surface area contributed by atoms with Gasteiger partial charge in [0.15, 0.2) is 0 Å². The third-order valence-electron chi connectivity index (χ3n) is 4.03. The topological polar surface area (TPSA) is 25.4 Å². The van der Waals surface area contributed by atoms with Crippen molar-refractivity contribution in [2.75, 3.05) is 31.2 Å². The Morgan fingerprint density at radius 2 is 2.10 bits per heavy atom. The quantitative estimate of drug-likeness (QED) is 0.860. The molecule has 2 heterocycles. The van der Waals surface area contributed by atoms with E-state index in [2.05, 4.69) is 48.0 Å². The van der Waals surface area contributed by atoms with Crippen LogP contribution in [0.15, 0.2) is 30.5 Å². The second-order valence-corrected chi connectivity index (χ2v) is 6.22. The second kappa shape index (κ2) is 6.44. The Kier molecular flexibility index (Phi) is 4.39. The molecule has 0 atom stereocenters. The lowest BCUT2D eigenvalue weighted by Gasteiger charge is -2.22. The lowest BCUT2D eigenvalue weighted by Crippen LogP contribution is -2.25. The molecule has 0 saturated carbocycles. The number of anilines is 1. The van der Waals surface area contributed by atoms with Crippen LogP contribution < -0.4 is 4.90 Å². The molecule has 0 unspecified atom stereocenters. The molecular formula is C18H24N2O. The summed E-state index contributed by atoms with van der Waals surface area (Å²) in [7, 11) is 0. The SMILES string of the molecule is CC(C)Cc1ccnc2ccc(N3CCCOCC3)cc12. The van der Waals surface area contributed by atoms with E-state index in [1.54, 1.807) is 0 Å². The maximum absolute atomic E-state index is 5.56. The maximum atomic E-state index is 5.56. The second-order valence-electron chi connectivity index (χ2n) is 6.22. The van der Waals surface area contributed by atoms with E-state index in [1.807, 2.05) is 6.20 Å². The van der Waals surface area contributed by atoms with Crippen LogP contribution in [0.3, 0.4) is 0 Å². The molecule has 3 rings (SSSR count). The number of rotatable bonds is 3. The number of fused-ring (bicyclic) bond motifs is 1. The van der Waals surface area contributed by atoms with E-state index in [4.69, 9.17) is 4.74 Å². The van der Waals surface area contributed by atoms with Crippen LogP contribution in [0.1, 0.15) is 25.8 Å². The Bertz CT molecular complexity index is 601. The van der Waals surface area contributed by atoms with Crippen LogP contribution in [0.4, 0.5) is 5.69 Å². The largest absolute Gasteiger partial charge is 0.380 e. The molecule has 1 aromatic heterocycles. The van der Waals surface area contributed by atoms with Crippen LogP contribution in [0.5, 0.6) is 0 Å². The molecule has 0 amide bonds. The molecule has 0 bridgehead atoms. The molecule has 1 fully saturated rings. The van der Waals surface area contributed by atoms with Crippen molar-refractivity contribution < 1.29 is 4.74 Å². The molecule has 112 valence electrons. The Labute approximate surface area is 126 Å². The van der Waals surface area contributed by atoms with Crippen molar-refractivity contribution in [2.45, 2.75) is 26.7 Å². The van der Waals surface area contributed by atoms with Gasteiger partial charge in [0.25, 0.3) is 0 Å². The zero-order chi connectivity index (χ0) is 14.7. The molecule has 1 aliphatic rings. The monoisotopic (exact) mass is 284 g/mol. The summed E-state index contributed by atoms with van der Waals surface area (Å²) in [6.07, 6.45) is 4.13. The van der Waals surface area contributed by atoms with Gasteiger partial charge in [0.1, 0.15) is 0 Å². The molecule has 1 aromatic carbocycles. The van der Waals surface area contributed by atoms with Crippen molar-refractivity contribution >= 4 is 16.6 Å². The summed E-state index contributed by atoms with van der Waals surface area (Å²) in [6.45, 7) is 8.29. The first-order chi connectivity index (χ1) is 10.2. The number of hydrogen-bond acceptors (Lipinski definition) is 3. The molecular weight excluding hydrogens is 260 g/mol. The Morgan fingerprint density at radius 1 is 1.19 bits per heavy atom. The van der Waals surface area contributed by atoms with Crippen molar-refractivity contribution in [1.29, 1.82) is 0 Å². The lowest BCUT2D eigenvalue weighted by molar-refractivity contribution is 0.152. The first-order valence-corrected chi connectivity index (χ1v) is 7.94. The van der Waals surface area contributed by atoms with Gasteiger partial charge in [-0.2, -0.15) is 0 Å². The van der Waals surface area contributed by atoms with Crippen molar-refractivity contribution in [2.24, 2.45) is 5.92 Å². The van der Waals surface area contributed by atoms with Crippen molar-refractivity contribution in [1.82, 2.24) is 4.98 Å². The van der Waals surface area contributed by atoms with E-state index in [1.165, 1.54) is 16.6 Å². The number of pyridine rings is 1. The lowest BCUT2D eigenvalue weighted by atomic mass is 9.99. The Balaban J connectivity index is 1.97. The predicted molar refractivity (Wildman–Crippen MR) is 87.9 cm³/mol. The van der Waals surface area contributed by atoms with Crippen LogP contribution in [0.2, 0.25) is 0 Å². The number of ether oxygens (including phenoxy) is 1. The summed E-state index contributed by atoms with van der Waals surface area (Å²) in [5.41, 5.74) is 3.80. The fourth-order valence-electron chi connectivity index (χ4n) is 3.01. The van der Waals surface area contributed by atoms with Gasteiger partial charge in [-0.25, -0.2) is 0 Å². The molecule has 0 spiro atoms. The maximum Gasteiger partial charge on any atom is 0.0706 e. The standard InChI is InChI=1S/C18H24N2O/c1-14(2)12-15-6-7-19-18-5-4-16(13-17(15)18)20-8-3-10-21-11-9-20/h4-7,13-14H,3,8-12H2,1-2H3. The smallest absolute Gasteiger partial charge is 0.0706 e. The summed E-state index contributed by atoms with van der Waals surface area (Å²) in [6, 6.07) is 8.82. The average molecular weight is 284 g/mol. The molecule has 3 heteroatoms. The minimum atomic E-state index is 0.658. The molecule has 1 aliphatic heterocycles. The van der Waals surface area contributed by atoms with Gasteiger partial charge in [-0.15, -0.1) is 0 Å². The van der Waals surface area contributed by atoms with E-state index in [0.29, 0.717) is 5.92 Å². The van der Waals surface area contributed by atoms with E-state index in [0.717, 1.165) is 44.7 Å². The van der Waals surface area contributed by atoms with E-state index in [9.17, 15) is 0 Å². The van der Waals surface area contributed by atoms with Crippen molar-refractivity contribution in [3.8, 4) is 0 Å². The number of nitrogens with zero attached hydrogens (tertiary/aromatic N) is 2. The summed E-state index contributed by atoms with van der Waals surface area (Å²) in [4.78, 5) is 6.94. The average Bonchev–Trinajstić information content (AvgIpc) is 2.76. The third-order valence-corrected chi connectivity index (χ3v) is 4.03. The molecule has 0 N–H and O–H groups in total. The fourth-order valence-corrected chi connectivity index (χ4v) is 3.01. The predicted octanol–water partition coefficient (Wildman–Crippen LogP) is 3.66. The molecule has 0 radical (unpaired) electrons. The molecule has 2 aromatic rings. The Morgan fingerprint density at radius 3 is 2.95 bits per heavy atom. The normalized spacial score (nSPS) is 16.4. The third kappa shape index (κ3) is 3.35. The summed E-state index contributed by atoms with van der Waals surface area (Å²) >= 11 is 0. The van der Waals surface area contributed by atoms with Crippen LogP contribution in [0.25, 0.3) is 10.9 Å². The molecule has 3 nitrogen and oxygen atoms in total. The first-order valence-electron chi connectivity index (χ1n) is 7.94. The van der Waals surface area contributed by atoms with Gasteiger partial charge in [-0.1, -0.05) is 13.8 Å². The minimum Gasteiger partial charge on any atom is -0.380 e. The summed E-state index contributed by atoms with van der Waals surface area (Å²) in [5.74, 6) is 0.658. The first kappa shape index (κ1) is 14.3. The fraction of sp³-hybridized carbons (Fsp3) is 0.500. The number of hydrogen-bond donors (Lipinski definition) is 0. The highest BCUT2D eigenvalue weighted by Crippen LogP contribution is 2.26. The highest BCUT2D eigenvalue weighted by Gasteiger charge is 2.12. The highest BCUT2D eigenvalue weighted by molar-refractivity contribution is 5.85. The van der Waals surface area contributed by atoms with Crippen LogP contribution in [-0.2, 0) is 11.2 Å². The zero-order valence-corrected chi connectivity index (χ0v) is 13.0. The van der Waals surface area contributed by atoms with Crippen LogP contribution in [-0.4, -0.2) is 31.3 Å². The minimum absolute atomic E-state index is 0.658. The van der Waals surface area contributed by atoms with Crippen molar-refractivity contribution in [3.05, 3.63) is 36.0 Å². The zero-order valence-electron chi connectivity index (χ0n) is 13.0. The van der Waals surface area contributed by atoms with E-state index < -0.39 is 0 Å². The molecule has 1 saturated heterocycles. The van der Waals surface area contributed by atoms with Gasteiger partial charge in [-0.05, 0) is 48.6 Å². The van der Waals surface area contributed by atoms with Gasteiger partial charge >= 0.3 is 0 Å².